The molecule has 104 valence electrons. The highest BCUT2D eigenvalue weighted by atomic mass is 16.3. The second kappa shape index (κ2) is 6.19. The number of nitrogens with zero attached hydrogens (tertiary/aromatic N) is 1. The van der Waals surface area contributed by atoms with Crippen molar-refractivity contribution in [2.75, 3.05) is 0 Å². The Labute approximate surface area is 120 Å². The second-order valence-electron chi connectivity index (χ2n) is 5.86. The van der Waals surface area contributed by atoms with Crippen LogP contribution in [0.25, 0.3) is 0 Å². The Bertz CT molecular complexity index is 526. The Morgan fingerprint density at radius 1 is 1.10 bits per heavy atom. The third-order valence-corrected chi connectivity index (χ3v) is 4.42. The maximum absolute atomic E-state index is 10.5. The Morgan fingerprint density at radius 2 is 1.95 bits per heavy atom. The van der Waals surface area contributed by atoms with Gasteiger partial charge >= 0.3 is 0 Å². The molecular weight excluding hydrogens is 246 g/mol. The summed E-state index contributed by atoms with van der Waals surface area (Å²) in [5, 5.41) is 10.5. The van der Waals surface area contributed by atoms with Crippen LogP contribution < -0.4 is 0 Å². The van der Waals surface area contributed by atoms with Crippen LogP contribution >= 0.6 is 0 Å². The maximum Gasteiger partial charge on any atom is 0.0818 e. The molecule has 1 N–H and O–H groups in total. The largest absolute Gasteiger partial charge is 0.388 e. The number of aromatic nitrogens is 1. The van der Waals surface area contributed by atoms with Crippen LogP contribution in [0.2, 0.25) is 0 Å². The van der Waals surface area contributed by atoms with E-state index in [0.29, 0.717) is 11.8 Å². The van der Waals surface area contributed by atoms with Crippen molar-refractivity contribution in [2.24, 2.45) is 11.8 Å². The highest BCUT2D eigenvalue weighted by molar-refractivity contribution is 5.18. The highest BCUT2D eigenvalue weighted by Crippen LogP contribution is 2.40. The summed E-state index contributed by atoms with van der Waals surface area (Å²) in [7, 11) is 0. The molecule has 20 heavy (non-hydrogen) atoms. The molecule has 1 aliphatic carbocycles. The lowest BCUT2D eigenvalue weighted by atomic mass is 9.92. The Balaban J connectivity index is 1.59. The van der Waals surface area contributed by atoms with Crippen molar-refractivity contribution in [2.45, 2.75) is 31.8 Å². The van der Waals surface area contributed by atoms with Crippen LogP contribution in [-0.4, -0.2) is 10.1 Å². The maximum atomic E-state index is 10.5. The molecule has 1 aromatic carbocycles. The van der Waals surface area contributed by atoms with Crippen LogP contribution in [0.5, 0.6) is 0 Å². The summed E-state index contributed by atoms with van der Waals surface area (Å²) < 4.78 is 0. The lowest BCUT2D eigenvalue weighted by molar-refractivity contribution is 0.109. The predicted molar refractivity (Wildman–Crippen MR) is 80.2 cm³/mol. The zero-order valence-corrected chi connectivity index (χ0v) is 11.7. The van der Waals surface area contributed by atoms with E-state index in [2.05, 4.69) is 11.1 Å². The van der Waals surface area contributed by atoms with E-state index in [4.69, 9.17) is 0 Å². The number of hydrogen-bond acceptors (Lipinski definition) is 2. The number of hydrogen-bond donors (Lipinski definition) is 1. The van der Waals surface area contributed by atoms with E-state index in [1.165, 1.54) is 12.0 Å². The Hall–Kier alpha value is -1.67. The van der Waals surface area contributed by atoms with E-state index in [-0.39, 0.29) is 6.10 Å². The van der Waals surface area contributed by atoms with Crippen LogP contribution in [0.15, 0.2) is 54.9 Å². The molecule has 3 atom stereocenters. The molecule has 0 unspecified atom stereocenters. The van der Waals surface area contributed by atoms with Crippen molar-refractivity contribution in [3.63, 3.8) is 0 Å². The molecule has 1 aliphatic rings. The first-order valence-corrected chi connectivity index (χ1v) is 7.45. The molecule has 2 nitrogen and oxygen atoms in total. The molecular formula is C18H21NO. The van der Waals surface area contributed by atoms with Gasteiger partial charge in [-0.3, -0.25) is 4.98 Å². The Morgan fingerprint density at radius 3 is 2.70 bits per heavy atom. The molecule has 0 spiro atoms. The predicted octanol–water partition coefficient (Wildman–Crippen LogP) is 3.77. The molecule has 2 heteroatoms. The molecule has 0 bridgehead atoms. The van der Waals surface area contributed by atoms with Crippen LogP contribution in [0.4, 0.5) is 0 Å². The van der Waals surface area contributed by atoms with Crippen molar-refractivity contribution in [1.82, 2.24) is 4.98 Å². The standard InChI is InChI=1S/C18H21NO/c20-18(16-6-2-1-3-7-16)17-9-8-14(12-17)11-15-5-4-10-19-13-15/h1-7,10,13-14,17-18,20H,8-9,11-12H2/t14-,17-,18+/m0/s1. The van der Waals surface area contributed by atoms with E-state index < -0.39 is 0 Å². The molecule has 0 aliphatic heterocycles. The Kier molecular flexibility index (Phi) is 4.12. The second-order valence-corrected chi connectivity index (χ2v) is 5.86. The van der Waals surface area contributed by atoms with Crippen molar-refractivity contribution in [3.8, 4) is 0 Å². The first-order valence-electron chi connectivity index (χ1n) is 7.45. The minimum absolute atomic E-state index is 0.310. The quantitative estimate of drug-likeness (QED) is 0.914. The molecule has 1 aromatic heterocycles. The van der Waals surface area contributed by atoms with Crippen LogP contribution in [0.3, 0.4) is 0 Å². The monoisotopic (exact) mass is 267 g/mol. The summed E-state index contributed by atoms with van der Waals surface area (Å²) in [6.45, 7) is 0. The molecule has 0 radical (unpaired) electrons. The van der Waals surface area contributed by atoms with Gasteiger partial charge in [-0.1, -0.05) is 36.4 Å². The number of pyridine rings is 1. The van der Waals surface area contributed by atoms with E-state index in [9.17, 15) is 5.11 Å². The fourth-order valence-corrected chi connectivity index (χ4v) is 3.36. The van der Waals surface area contributed by atoms with E-state index >= 15 is 0 Å². The summed E-state index contributed by atoms with van der Waals surface area (Å²) in [4.78, 5) is 4.18. The normalized spacial score (nSPS) is 23.6. The molecule has 1 saturated carbocycles. The van der Waals surface area contributed by atoms with Crippen LogP contribution in [0.1, 0.15) is 36.5 Å². The van der Waals surface area contributed by atoms with Gasteiger partial charge in [0.25, 0.3) is 0 Å². The number of aliphatic hydroxyl groups excluding tert-OH is 1. The van der Waals surface area contributed by atoms with Gasteiger partial charge in [-0.2, -0.15) is 0 Å². The van der Waals surface area contributed by atoms with Gasteiger partial charge in [-0.15, -0.1) is 0 Å². The third-order valence-electron chi connectivity index (χ3n) is 4.42. The number of benzene rings is 1. The van der Waals surface area contributed by atoms with Crippen molar-refractivity contribution in [3.05, 3.63) is 66.0 Å². The zero-order valence-electron chi connectivity index (χ0n) is 11.7. The van der Waals surface area contributed by atoms with Gasteiger partial charge in [-0.05, 0) is 54.7 Å². The van der Waals surface area contributed by atoms with Crippen LogP contribution in [-0.2, 0) is 6.42 Å². The first-order chi connectivity index (χ1) is 9.83. The molecule has 1 fully saturated rings. The summed E-state index contributed by atoms with van der Waals surface area (Å²) in [5.41, 5.74) is 2.37. The van der Waals surface area contributed by atoms with Crippen molar-refractivity contribution >= 4 is 0 Å². The van der Waals surface area contributed by atoms with E-state index in [1.54, 1.807) is 0 Å². The average Bonchev–Trinajstić information content (AvgIpc) is 2.97. The average molecular weight is 267 g/mol. The third kappa shape index (κ3) is 3.07. The lowest BCUT2D eigenvalue weighted by Crippen LogP contribution is -2.10. The lowest BCUT2D eigenvalue weighted by Gasteiger charge is -2.18. The summed E-state index contributed by atoms with van der Waals surface area (Å²) in [5.74, 6) is 1.08. The van der Waals surface area contributed by atoms with Gasteiger partial charge in [0.1, 0.15) is 0 Å². The smallest absolute Gasteiger partial charge is 0.0818 e. The number of aliphatic hydroxyl groups is 1. The van der Waals surface area contributed by atoms with Crippen LogP contribution in [0, 0.1) is 11.8 Å². The minimum atomic E-state index is -0.310. The van der Waals surface area contributed by atoms with Gasteiger partial charge < -0.3 is 5.11 Å². The van der Waals surface area contributed by atoms with E-state index in [0.717, 1.165) is 24.8 Å². The highest BCUT2D eigenvalue weighted by Gasteiger charge is 2.30. The van der Waals surface area contributed by atoms with Gasteiger partial charge in [0.2, 0.25) is 0 Å². The molecule has 0 saturated heterocycles. The van der Waals surface area contributed by atoms with Gasteiger partial charge in [-0.25, -0.2) is 0 Å². The topological polar surface area (TPSA) is 33.1 Å². The fourth-order valence-electron chi connectivity index (χ4n) is 3.36. The summed E-state index contributed by atoms with van der Waals surface area (Å²) in [6, 6.07) is 14.2. The summed E-state index contributed by atoms with van der Waals surface area (Å²) in [6.07, 6.45) is 8.01. The SMILES string of the molecule is O[C@H](c1ccccc1)[C@H]1CC[C@@H](Cc2cccnc2)C1. The number of rotatable bonds is 4. The molecule has 1 heterocycles. The molecule has 2 aromatic rings. The zero-order chi connectivity index (χ0) is 13.8. The minimum Gasteiger partial charge on any atom is -0.388 e. The summed E-state index contributed by atoms with van der Waals surface area (Å²) >= 11 is 0. The van der Waals surface area contributed by atoms with Gasteiger partial charge in [0, 0.05) is 12.4 Å². The molecule has 3 rings (SSSR count). The van der Waals surface area contributed by atoms with Crippen molar-refractivity contribution in [1.29, 1.82) is 0 Å². The van der Waals surface area contributed by atoms with Crippen molar-refractivity contribution < 1.29 is 5.11 Å². The van der Waals surface area contributed by atoms with Gasteiger partial charge in [0.05, 0.1) is 6.10 Å². The van der Waals surface area contributed by atoms with E-state index in [1.807, 2.05) is 48.8 Å². The first kappa shape index (κ1) is 13.3. The van der Waals surface area contributed by atoms with Gasteiger partial charge in [0.15, 0.2) is 0 Å². The molecule has 0 amide bonds. The fraction of sp³-hybridized carbons (Fsp3) is 0.389.